The second-order valence-corrected chi connectivity index (χ2v) is 6.23. The zero-order valence-corrected chi connectivity index (χ0v) is 12.4. The van der Waals surface area contributed by atoms with Crippen molar-refractivity contribution in [3.05, 3.63) is 58.4 Å². The van der Waals surface area contributed by atoms with Crippen LogP contribution in [-0.4, -0.2) is 8.42 Å². The molecule has 0 atom stereocenters. The average molecular weight is 315 g/mol. The molecule has 0 aliphatic rings. The van der Waals surface area contributed by atoms with Gasteiger partial charge in [0.05, 0.1) is 5.02 Å². The van der Waals surface area contributed by atoms with Gasteiger partial charge in [0.15, 0.2) is 0 Å². The van der Waals surface area contributed by atoms with Gasteiger partial charge in [-0.05, 0) is 49.2 Å². The molecule has 0 aliphatic carbocycles. The molecule has 3 nitrogen and oxygen atoms in total. The van der Waals surface area contributed by atoms with Crippen molar-refractivity contribution in [2.24, 2.45) is 0 Å². The molecule has 0 fully saturated rings. The van der Waals surface area contributed by atoms with E-state index in [9.17, 15) is 12.8 Å². The average Bonchev–Trinajstić information content (AvgIpc) is 2.37. The van der Waals surface area contributed by atoms with E-state index in [0.29, 0.717) is 5.56 Å². The summed E-state index contributed by atoms with van der Waals surface area (Å²) in [5.41, 5.74) is 1.59. The molecule has 0 unspecified atom stereocenters. The SMILES string of the molecule is Cc1cccc(OS(=O)(=O)c2cc(F)ccc2Cl)c1C. The molecule has 0 N–H and O–H groups in total. The molecule has 0 bridgehead atoms. The van der Waals surface area contributed by atoms with E-state index in [2.05, 4.69) is 0 Å². The molecule has 0 saturated heterocycles. The molecular weight excluding hydrogens is 303 g/mol. The first kappa shape index (κ1) is 14.8. The first-order valence-electron chi connectivity index (χ1n) is 5.77. The predicted octanol–water partition coefficient (Wildman–Crippen LogP) is 3.86. The lowest BCUT2D eigenvalue weighted by Crippen LogP contribution is -2.11. The Morgan fingerprint density at radius 3 is 2.55 bits per heavy atom. The lowest BCUT2D eigenvalue weighted by molar-refractivity contribution is 0.483. The van der Waals surface area contributed by atoms with Gasteiger partial charge >= 0.3 is 10.1 Å². The van der Waals surface area contributed by atoms with Gasteiger partial charge in [0.1, 0.15) is 16.5 Å². The summed E-state index contributed by atoms with van der Waals surface area (Å²) in [7, 11) is -4.18. The number of benzene rings is 2. The fraction of sp³-hybridized carbons (Fsp3) is 0.143. The Hall–Kier alpha value is -1.59. The minimum absolute atomic E-state index is 0.0864. The van der Waals surface area contributed by atoms with Crippen LogP contribution in [0.2, 0.25) is 5.02 Å². The largest absolute Gasteiger partial charge is 0.379 e. The maximum atomic E-state index is 13.2. The van der Waals surface area contributed by atoms with E-state index in [0.717, 1.165) is 17.7 Å². The number of rotatable bonds is 3. The first-order valence-corrected chi connectivity index (χ1v) is 7.55. The first-order chi connectivity index (χ1) is 9.31. The highest BCUT2D eigenvalue weighted by atomic mass is 35.5. The Morgan fingerprint density at radius 1 is 1.15 bits per heavy atom. The standard InChI is InChI=1S/C14H12ClFO3S/c1-9-4-3-5-13(10(9)2)19-20(17,18)14-8-11(16)6-7-12(14)15/h3-8H,1-2H3. The van der Waals surface area contributed by atoms with Crippen LogP contribution in [0.1, 0.15) is 11.1 Å². The Labute approximate surface area is 122 Å². The quantitative estimate of drug-likeness (QED) is 0.808. The fourth-order valence-electron chi connectivity index (χ4n) is 1.65. The highest BCUT2D eigenvalue weighted by Crippen LogP contribution is 2.28. The van der Waals surface area contributed by atoms with Crippen LogP contribution >= 0.6 is 11.6 Å². The van der Waals surface area contributed by atoms with Crippen LogP contribution in [0, 0.1) is 19.7 Å². The van der Waals surface area contributed by atoms with Gasteiger partial charge in [-0.25, -0.2) is 4.39 Å². The summed E-state index contributed by atoms with van der Waals surface area (Å²) in [5.74, 6) is -0.497. The van der Waals surface area contributed by atoms with Gasteiger partial charge in [0, 0.05) is 0 Å². The van der Waals surface area contributed by atoms with Gasteiger partial charge < -0.3 is 4.18 Å². The lowest BCUT2D eigenvalue weighted by atomic mass is 10.1. The number of halogens is 2. The minimum atomic E-state index is -4.18. The van der Waals surface area contributed by atoms with Crippen LogP contribution < -0.4 is 4.18 Å². The number of aryl methyl sites for hydroxylation is 1. The summed E-state index contributed by atoms with van der Waals surface area (Å²) in [5, 5.41) is -0.0864. The normalized spacial score (nSPS) is 11.4. The van der Waals surface area contributed by atoms with Gasteiger partial charge in [0.2, 0.25) is 0 Å². The van der Waals surface area contributed by atoms with Crippen molar-refractivity contribution in [3.8, 4) is 5.75 Å². The van der Waals surface area contributed by atoms with Gasteiger partial charge in [-0.1, -0.05) is 23.7 Å². The number of hydrogen-bond donors (Lipinski definition) is 0. The Bertz CT molecular complexity index is 757. The monoisotopic (exact) mass is 314 g/mol. The highest BCUT2D eigenvalue weighted by Gasteiger charge is 2.22. The van der Waals surface area contributed by atoms with Crippen molar-refractivity contribution in [3.63, 3.8) is 0 Å². The zero-order valence-electron chi connectivity index (χ0n) is 10.9. The molecule has 0 amide bonds. The Kier molecular flexibility index (Phi) is 4.01. The molecule has 106 valence electrons. The summed E-state index contributed by atoms with van der Waals surface area (Å²) in [6.07, 6.45) is 0. The van der Waals surface area contributed by atoms with Crippen molar-refractivity contribution < 1.29 is 17.0 Å². The van der Waals surface area contributed by atoms with Gasteiger partial charge in [-0.15, -0.1) is 0 Å². The topological polar surface area (TPSA) is 43.4 Å². The van der Waals surface area contributed by atoms with E-state index in [-0.39, 0.29) is 15.7 Å². The van der Waals surface area contributed by atoms with Crippen molar-refractivity contribution in [1.82, 2.24) is 0 Å². The Balaban J connectivity index is 2.46. The molecule has 0 radical (unpaired) electrons. The van der Waals surface area contributed by atoms with E-state index in [1.807, 2.05) is 13.0 Å². The smallest absolute Gasteiger partial charge is 0.340 e. The molecule has 0 heterocycles. The molecule has 0 aliphatic heterocycles. The second kappa shape index (κ2) is 5.42. The third kappa shape index (κ3) is 2.94. The molecule has 2 aromatic carbocycles. The molecule has 2 aromatic rings. The van der Waals surface area contributed by atoms with Gasteiger partial charge in [-0.2, -0.15) is 8.42 Å². The third-order valence-electron chi connectivity index (χ3n) is 2.92. The molecule has 2 rings (SSSR count). The van der Waals surface area contributed by atoms with E-state index in [1.165, 1.54) is 12.1 Å². The summed E-state index contributed by atoms with van der Waals surface area (Å²) in [6.45, 7) is 3.58. The predicted molar refractivity (Wildman–Crippen MR) is 75.1 cm³/mol. The van der Waals surface area contributed by atoms with Crippen molar-refractivity contribution in [2.75, 3.05) is 0 Å². The van der Waals surface area contributed by atoms with Crippen LogP contribution in [-0.2, 0) is 10.1 Å². The summed E-state index contributed by atoms with van der Waals surface area (Å²) in [6, 6.07) is 8.15. The van der Waals surface area contributed by atoms with E-state index < -0.39 is 15.9 Å². The summed E-state index contributed by atoms with van der Waals surface area (Å²) >= 11 is 5.79. The van der Waals surface area contributed by atoms with Crippen molar-refractivity contribution >= 4 is 21.7 Å². The molecule has 6 heteroatoms. The minimum Gasteiger partial charge on any atom is -0.379 e. The van der Waals surface area contributed by atoms with Crippen LogP contribution in [0.15, 0.2) is 41.3 Å². The van der Waals surface area contributed by atoms with Crippen LogP contribution in [0.25, 0.3) is 0 Å². The molecule has 0 saturated carbocycles. The zero-order chi connectivity index (χ0) is 14.9. The van der Waals surface area contributed by atoms with Crippen LogP contribution in [0.3, 0.4) is 0 Å². The molecule has 20 heavy (non-hydrogen) atoms. The van der Waals surface area contributed by atoms with Crippen LogP contribution in [0.5, 0.6) is 5.75 Å². The van der Waals surface area contributed by atoms with Crippen molar-refractivity contribution in [2.45, 2.75) is 18.7 Å². The summed E-state index contributed by atoms with van der Waals surface area (Å²) in [4.78, 5) is -0.389. The lowest BCUT2D eigenvalue weighted by Gasteiger charge is -2.11. The van der Waals surface area contributed by atoms with Crippen molar-refractivity contribution in [1.29, 1.82) is 0 Å². The molecular formula is C14H12ClFO3S. The van der Waals surface area contributed by atoms with E-state index >= 15 is 0 Å². The highest BCUT2D eigenvalue weighted by molar-refractivity contribution is 7.87. The van der Waals surface area contributed by atoms with Gasteiger partial charge in [-0.3, -0.25) is 0 Å². The maximum absolute atomic E-state index is 13.2. The summed E-state index contributed by atoms with van der Waals surface area (Å²) < 4.78 is 42.6. The van der Waals surface area contributed by atoms with E-state index in [4.69, 9.17) is 15.8 Å². The molecule has 0 spiro atoms. The number of hydrogen-bond acceptors (Lipinski definition) is 3. The van der Waals surface area contributed by atoms with Crippen LogP contribution in [0.4, 0.5) is 4.39 Å². The Morgan fingerprint density at radius 2 is 1.85 bits per heavy atom. The maximum Gasteiger partial charge on any atom is 0.340 e. The van der Waals surface area contributed by atoms with E-state index in [1.54, 1.807) is 13.0 Å². The fourth-order valence-corrected chi connectivity index (χ4v) is 3.12. The third-order valence-corrected chi connectivity index (χ3v) is 4.63. The second-order valence-electron chi connectivity index (χ2n) is 4.31. The van der Waals surface area contributed by atoms with Gasteiger partial charge in [0.25, 0.3) is 0 Å². The molecule has 0 aromatic heterocycles.